The molecule has 0 saturated carbocycles. The number of rotatable bonds is 3. The SMILES string of the molecule is CC[C@H]1C(=O)NCCN1C(=O)c1ccn([C@@H]2CCCNC2)n1. The molecule has 2 saturated heterocycles. The number of amides is 2. The van der Waals surface area contributed by atoms with Gasteiger partial charge in [0, 0.05) is 25.8 Å². The lowest BCUT2D eigenvalue weighted by atomic mass is 10.1. The van der Waals surface area contributed by atoms with Gasteiger partial charge in [-0.1, -0.05) is 6.92 Å². The van der Waals surface area contributed by atoms with Gasteiger partial charge in [0.1, 0.15) is 11.7 Å². The maximum Gasteiger partial charge on any atom is 0.275 e. The Hall–Kier alpha value is -1.89. The Balaban J connectivity index is 1.74. The molecule has 0 aromatic carbocycles. The summed E-state index contributed by atoms with van der Waals surface area (Å²) in [5.41, 5.74) is 0.429. The van der Waals surface area contributed by atoms with Gasteiger partial charge in [0.05, 0.1) is 6.04 Å². The van der Waals surface area contributed by atoms with Crippen LogP contribution in [0.1, 0.15) is 42.7 Å². The zero-order valence-electron chi connectivity index (χ0n) is 12.9. The molecule has 3 heterocycles. The maximum absolute atomic E-state index is 12.7. The Bertz CT molecular complexity index is 550. The Morgan fingerprint density at radius 1 is 1.45 bits per heavy atom. The number of aromatic nitrogens is 2. The summed E-state index contributed by atoms with van der Waals surface area (Å²) in [6.07, 6.45) is 4.69. The summed E-state index contributed by atoms with van der Waals surface area (Å²) in [7, 11) is 0. The van der Waals surface area contributed by atoms with Crippen LogP contribution in [0.5, 0.6) is 0 Å². The highest BCUT2D eigenvalue weighted by molar-refractivity contribution is 5.96. The van der Waals surface area contributed by atoms with E-state index < -0.39 is 0 Å². The highest BCUT2D eigenvalue weighted by atomic mass is 16.2. The average molecular weight is 305 g/mol. The number of carbonyl (C=O) groups is 2. The fraction of sp³-hybridized carbons (Fsp3) is 0.667. The van der Waals surface area contributed by atoms with Crippen LogP contribution in [0.25, 0.3) is 0 Å². The molecule has 2 aliphatic heterocycles. The first kappa shape index (κ1) is 15.0. The first-order valence-corrected chi connectivity index (χ1v) is 8.05. The Morgan fingerprint density at radius 3 is 3.05 bits per heavy atom. The van der Waals surface area contributed by atoms with E-state index in [1.54, 1.807) is 11.0 Å². The summed E-state index contributed by atoms with van der Waals surface area (Å²) in [4.78, 5) is 26.2. The minimum absolute atomic E-state index is 0.0713. The third-order valence-electron chi connectivity index (χ3n) is 4.45. The molecular weight excluding hydrogens is 282 g/mol. The van der Waals surface area contributed by atoms with Gasteiger partial charge in [-0.25, -0.2) is 0 Å². The van der Waals surface area contributed by atoms with Gasteiger partial charge in [0.2, 0.25) is 5.91 Å². The second-order valence-corrected chi connectivity index (χ2v) is 5.89. The van der Waals surface area contributed by atoms with E-state index in [1.807, 2.05) is 17.8 Å². The molecule has 0 spiro atoms. The summed E-state index contributed by atoms with van der Waals surface area (Å²) in [6.45, 7) is 4.90. The van der Waals surface area contributed by atoms with Crippen LogP contribution in [0, 0.1) is 0 Å². The lowest BCUT2D eigenvalue weighted by Gasteiger charge is -2.34. The van der Waals surface area contributed by atoms with Crippen molar-refractivity contribution in [3.05, 3.63) is 18.0 Å². The lowest BCUT2D eigenvalue weighted by Crippen LogP contribution is -2.57. The number of nitrogens with one attached hydrogen (secondary N) is 2. The van der Waals surface area contributed by atoms with Crippen LogP contribution < -0.4 is 10.6 Å². The van der Waals surface area contributed by atoms with E-state index in [1.165, 1.54) is 0 Å². The minimum Gasteiger partial charge on any atom is -0.353 e. The van der Waals surface area contributed by atoms with Gasteiger partial charge in [0.15, 0.2) is 0 Å². The number of hydrogen-bond acceptors (Lipinski definition) is 4. The Labute approximate surface area is 130 Å². The molecule has 22 heavy (non-hydrogen) atoms. The van der Waals surface area contributed by atoms with Crippen molar-refractivity contribution >= 4 is 11.8 Å². The summed E-state index contributed by atoms with van der Waals surface area (Å²) < 4.78 is 1.88. The van der Waals surface area contributed by atoms with Crippen LogP contribution in [0.3, 0.4) is 0 Å². The third-order valence-corrected chi connectivity index (χ3v) is 4.45. The van der Waals surface area contributed by atoms with Gasteiger partial charge in [-0.3, -0.25) is 14.3 Å². The van der Waals surface area contributed by atoms with Crippen LogP contribution in [0.2, 0.25) is 0 Å². The fourth-order valence-electron chi connectivity index (χ4n) is 3.23. The third kappa shape index (κ3) is 2.85. The molecule has 2 atom stereocenters. The summed E-state index contributed by atoms with van der Waals surface area (Å²) in [6, 6.07) is 1.68. The van der Waals surface area contributed by atoms with Gasteiger partial charge in [-0.2, -0.15) is 5.10 Å². The predicted octanol–water partition coefficient (Wildman–Crippen LogP) is 0.158. The molecule has 2 N–H and O–H groups in total. The first-order valence-electron chi connectivity index (χ1n) is 8.05. The van der Waals surface area contributed by atoms with Gasteiger partial charge >= 0.3 is 0 Å². The standard InChI is InChI=1S/C15H23N5O2/c1-2-13-14(21)17-7-9-19(13)15(22)12-5-8-20(18-12)11-4-3-6-16-10-11/h5,8,11,13,16H,2-4,6-7,9-10H2,1H3,(H,17,21)/t11-,13+/m1/s1. The van der Waals surface area contributed by atoms with Gasteiger partial charge in [-0.05, 0) is 31.9 Å². The molecular formula is C15H23N5O2. The van der Waals surface area contributed by atoms with Crippen LogP contribution >= 0.6 is 0 Å². The average Bonchev–Trinajstić information content (AvgIpc) is 3.05. The molecule has 7 nitrogen and oxygen atoms in total. The number of piperazine rings is 1. The lowest BCUT2D eigenvalue weighted by molar-refractivity contribution is -0.127. The molecule has 3 rings (SSSR count). The number of carbonyl (C=O) groups excluding carboxylic acids is 2. The van der Waals surface area contributed by atoms with E-state index in [9.17, 15) is 9.59 Å². The quantitative estimate of drug-likeness (QED) is 0.834. The van der Waals surface area contributed by atoms with Crippen molar-refractivity contribution in [1.82, 2.24) is 25.3 Å². The Kier molecular flexibility index (Phi) is 4.42. The van der Waals surface area contributed by atoms with Crippen molar-refractivity contribution in [3.8, 4) is 0 Å². The molecule has 2 fully saturated rings. The number of piperidine rings is 1. The van der Waals surface area contributed by atoms with E-state index in [0.717, 1.165) is 25.9 Å². The first-order chi connectivity index (χ1) is 10.7. The van der Waals surface area contributed by atoms with Crippen molar-refractivity contribution < 1.29 is 9.59 Å². The van der Waals surface area contributed by atoms with Crippen molar-refractivity contribution in [2.75, 3.05) is 26.2 Å². The minimum atomic E-state index is -0.386. The normalized spacial score (nSPS) is 25.9. The topological polar surface area (TPSA) is 79.3 Å². The van der Waals surface area contributed by atoms with Gasteiger partial charge in [0.25, 0.3) is 5.91 Å². The zero-order chi connectivity index (χ0) is 15.5. The molecule has 0 aliphatic carbocycles. The fourth-order valence-corrected chi connectivity index (χ4v) is 3.23. The summed E-state index contributed by atoms with van der Waals surface area (Å²) >= 11 is 0. The summed E-state index contributed by atoms with van der Waals surface area (Å²) in [5, 5.41) is 10.6. The van der Waals surface area contributed by atoms with Crippen molar-refractivity contribution in [3.63, 3.8) is 0 Å². The van der Waals surface area contributed by atoms with E-state index in [0.29, 0.717) is 31.2 Å². The molecule has 0 bridgehead atoms. The maximum atomic E-state index is 12.7. The van der Waals surface area contributed by atoms with Crippen molar-refractivity contribution in [2.45, 2.75) is 38.3 Å². The Morgan fingerprint density at radius 2 is 2.32 bits per heavy atom. The molecule has 0 unspecified atom stereocenters. The summed E-state index contributed by atoms with van der Waals surface area (Å²) in [5.74, 6) is -0.220. The largest absolute Gasteiger partial charge is 0.353 e. The zero-order valence-corrected chi connectivity index (χ0v) is 12.9. The predicted molar refractivity (Wildman–Crippen MR) is 81.5 cm³/mol. The van der Waals surface area contributed by atoms with Crippen molar-refractivity contribution in [2.24, 2.45) is 0 Å². The van der Waals surface area contributed by atoms with E-state index >= 15 is 0 Å². The van der Waals surface area contributed by atoms with Crippen LogP contribution in [0.4, 0.5) is 0 Å². The molecule has 0 radical (unpaired) electrons. The number of hydrogen-bond donors (Lipinski definition) is 2. The van der Waals surface area contributed by atoms with Crippen LogP contribution in [-0.4, -0.2) is 58.7 Å². The van der Waals surface area contributed by atoms with Gasteiger partial charge < -0.3 is 15.5 Å². The van der Waals surface area contributed by atoms with E-state index in [2.05, 4.69) is 15.7 Å². The molecule has 7 heteroatoms. The molecule has 1 aromatic rings. The number of nitrogens with zero attached hydrogens (tertiary/aromatic N) is 3. The van der Waals surface area contributed by atoms with E-state index in [4.69, 9.17) is 0 Å². The van der Waals surface area contributed by atoms with E-state index in [-0.39, 0.29) is 17.9 Å². The highest BCUT2D eigenvalue weighted by Gasteiger charge is 2.33. The van der Waals surface area contributed by atoms with Crippen LogP contribution in [0.15, 0.2) is 12.3 Å². The second-order valence-electron chi connectivity index (χ2n) is 5.89. The molecule has 1 aromatic heterocycles. The van der Waals surface area contributed by atoms with Gasteiger partial charge in [-0.15, -0.1) is 0 Å². The van der Waals surface area contributed by atoms with Crippen molar-refractivity contribution in [1.29, 1.82) is 0 Å². The monoisotopic (exact) mass is 305 g/mol. The molecule has 2 amide bonds. The molecule has 120 valence electrons. The smallest absolute Gasteiger partial charge is 0.275 e. The van der Waals surface area contributed by atoms with Crippen LogP contribution in [-0.2, 0) is 4.79 Å². The molecule has 2 aliphatic rings. The highest BCUT2D eigenvalue weighted by Crippen LogP contribution is 2.17. The second kappa shape index (κ2) is 6.48.